The summed E-state index contributed by atoms with van der Waals surface area (Å²) in [6, 6.07) is 0. The number of quaternary nitrogens is 1. The van der Waals surface area contributed by atoms with Crippen molar-refractivity contribution < 1.29 is 23.0 Å². The molecule has 0 bridgehead atoms. The highest BCUT2D eigenvalue weighted by Gasteiger charge is 2.13. The van der Waals surface area contributed by atoms with Gasteiger partial charge in [-0.05, 0) is 44.9 Å². The van der Waals surface area contributed by atoms with Gasteiger partial charge < -0.3 is 18.4 Å². The van der Waals surface area contributed by atoms with Gasteiger partial charge in [-0.1, -0.05) is 114 Å². The summed E-state index contributed by atoms with van der Waals surface area (Å²) < 4.78 is 22.4. The molecule has 1 rings (SSSR count). The molecule has 1 unspecified atom stereocenters. The average Bonchev–Trinajstić information content (AvgIpc) is 2.83. The van der Waals surface area contributed by atoms with Crippen molar-refractivity contribution >= 4 is 7.82 Å². The van der Waals surface area contributed by atoms with E-state index in [-0.39, 0.29) is 13.2 Å². The molecule has 1 saturated carbocycles. The van der Waals surface area contributed by atoms with Gasteiger partial charge >= 0.3 is 0 Å². The van der Waals surface area contributed by atoms with E-state index in [1.165, 1.54) is 128 Å². The Labute approximate surface area is 231 Å². The molecule has 0 aromatic rings. The Morgan fingerprint density at radius 3 is 1.54 bits per heavy atom. The Kier molecular flexibility index (Phi) is 21.3. The molecule has 0 aromatic carbocycles. The van der Waals surface area contributed by atoms with E-state index >= 15 is 0 Å². The molecule has 6 heteroatoms. The summed E-state index contributed by atoms with van der Waals surface area (Å²) in [7, 11) is 1.86. The fourth-order valence-corrected chi connectivity index (χ4v) is 5.79. The lowest BCUT2D eigenvalue weighted by Gasteiger charge is -2.27. The molecule has 37 heavy (non-hydrogen) atoms. The average molecular weight is 544 g/mol. The first-order chi connectivity index (χ1) is 17.8. The molecule has 0 amide bonds. The fraction of sp³-hybridized carbons (Fsp3) is 0.935. The first kappa shape index (κ1) is 34.8. The highest BCUT2D eigenvalue weighted by Crippen LogP contribution is 2.38. The van der Waals surface area contributed by atoms with E-state index in [4.69, 9.17) is 9.05 Å². The van der Waals surface area contributed by atoms with Crippen LogP contribution in [0.5, 0.6) is 0 Å². The Bertz CT molecular complexity index is 585. The van der Waals surface area contributed by atoms with Crippen molar-refractivity contribution in [3.05, 3.63) is 11.6 Å². The summed E-state index contributed by atoms with van der Waals surface area (Å²) in [5.74, 6) is 0. The summed E-state index contributed by atoms with van der Waals surface area (Å²) in [6.07, 6.45) is 33.2. The van der Waals surface area contributed by atoms with E-state index < -0.39 is 7.82 Å². The Hall–Kier alpha value is -0.190. The van der Waals surface area contributed by atoms with Gasteiger partial charge in [-0.25, -0.2) is 0 Å². The zero-order chi connectivity index (χ0) is 27.1. The molecular weight excluding hydrogens is 481 g/mol. The van der Waals surface area contributed by atoms with Crippen LogP contribution in [0.15, 0.2) is 11.6 Å². The predicted molar refractivity (Wildman–Crippen MR) is 157 cm³/mol. The van der Waals surface area contributed by atoms with Crippen LogP contribution < -0.4 is 4.89 Å². The maximum absolute atomic E-state index is 11.8. The molecule has 0 saturated heterocycles. The number of nitrogens with zero attached hydrogens (tertiary/aromatic N) is 1. The zero-order valence-corrected chi connectivity index (χ0v) is 25.9. The topological polar surface area (TPSA) is 58.6 Å². The molecule has 0 aromatic heterocycles. The number of allylic oxidation sites excluding steroid dienone is 2. The third kappa shape index (κ3) is 24.6. The summed E-state index contributed by atoms with van der Waals surface area (Å²) in [4.78, 5) is 11.8. The standard InChI is InChI=1S/C31H62NO4P/c1-32(2,3)28-30-36-37(33,34)35-29-24-20-16-12-8-11-15-19-23-27-31-25-21-17-13-9-6-4-5-7-10-14-18-22-26-31/h27H,4-26,28-30H2,1-3H3. The third-order valence-electron chi connectivity index (χ3n) is 7.54. The molecule has 5 nitrogen and oxygen atoms in total. The molecule has 0 heterocycles. The molecule has 1 aliphatic carbocycles. The summed E-state index contributed by atoms with van der Waals surface area (Å²) in [5.41, 5.74) is 1.75. The lowest BCUT2D eigenvalue weighted by molar-refractivity contribution is -0.870. The smallest absolute Gasteiger partial charge is 0.268 e. The van der Waals surface area contributed by atoms with Crippen LogP contribution in [-0.4, -0.2) is 45.4 Å². The van der Waals surface area contributed by atoms with Crippen molar-refractivity contribution in [1.82, 2.24) is 0 Å². The number of likely N-dealkylation sites (N-methyl/N-ethyl adjacent to an activating group) is 1. The first-order valence-electron chi connectivity index (χ1n) is 15.9. The molecular formula is C31H62NO4P. The molecule has 0 N–H and O–H groups in total. The van der Waals surface area contributed by atoms with Crippen LogP contribution >= 0.6 is 7.82 Å². The molecule has 220 valence electrons. The number of phosphoric ester groups is 1. The highest BCUT2D eigenvalue weighted by atomic mass is 31.2. The Morgan fingerprint density at radius 2 is 1.05 bits per heavy atom. The lowest BCUT2D eigenvalue weighted by Crippen LogP contribution is -2.37. The van der Waals surface area contributed by atoms with Crippen LogP contribution in [0.1, 0.15) is 148 Å². The first-order valence-corrected chi connectivity index (χ1v) is 17.3. The molecule has 0 radical (unpaired) electrons. The SMILES string of the molecule is C[N+](C)(C)CCOP(=O)([O-])OCCCCCCCCCCC=C1CCCCCCCCCCCCCC1. The molecule has 1 aliphatic rings. The van der Waals surface area contributed by atoms with E-state index in [1.807, 2.05) is 21.1 Å². The maximum Gasteiger partial charge on any atom is 0.268 e. The number of unbranched alkanes of at least 4 members (excludes halogenated alkanes) is 8. The van der Waals surface area contributed by atoms with Gasteiger partial charge in [0.2, 0.25) is 0 Å². The van der Waals surface area contributed by atoms with Crippen molar-refractivity contribution in [2.45, 2.75) is 148 Å². The van der Waals surface area contributed by atoms with E-state index in [1.54, 1.807) is 5.57 Å². The van der Waals surface area contributed by atoms with Crippen molar-refractivity contribution in [2.75, 3.05) is 40.9 Å². The second kappa shape index (κ2) is 22.6. The van der Waals surface area contributed by atoms with Crippen molar-refractivity contribution in [3.8, 4) is 0 Å². The van der Waals surface area contributed by atoms with Gasteiger partial charge in [0.15, 0.2) is 0 Å². The van der Waals surface area contributed by atoms with Gasteiger partial charge in [-0.3, -0.25) is 4.57 Å². The minimum Gasteiger partial charge on any atom is -0.756 e. The van der Waals surface area contributed by atoms with Crippen molar-refractivity contribution in [1.29, 1.82) is 0 Å². The summed E-state index contributed by atoms with van der Waals surface area (Å²) >= 11 is 0. The number of hydrogen-bond donors (Lipinski definition) is 0. The number of rotatable bonds is 16. The Balaban J connectivity index is 2.03. The van der Waals surface area contributed by atoms with Gasteiger partial charge in [0, 0.05) is 0 Å². The van der Waals surface area contributed by atoms with Crippen molar-refractivity contribution in [2.24, 2.45) is 0 Å². The molecule has 0 aliphatic heterocycles. The van der Waals surface area contributed by atoms with Gasteiger partial charge in [-0.2, -0.15) is 0 Å². The minimum atomic E-state index is -4.15. The Morgan fingerprint density at radius 1 is 0.649 bits per heavy atom. The molecule has 1 fully saturated rings. The van der Waals surface area contributed by atoms with Crippen LogP contribution in [0.25, 0.3) is 0 Å². The lowest BCUT2D eigenvalue weighted by atomic mass is 9.98. The quantitative estimate of drug-likeness (QED) is 0.0843. The molecule has 0 spiro atoms. The van der Waals surface area contributed by atoms with Crippen LogP contribution in [0.3, 0.4) is 0 Å². The number of hydrogen-bond acceptors (Lipinski definition) is 4. The van der Waals surface area contributed by atoms with Crippen LogP contribution in [0.4, 0.5) is 0 Å². The van der Waals surface area contributed by atoms with Crippen LogP contribution in [0.2, 0.25) is 0 Å². The van der Waals surface area contributed by atoms with Crippen LogP contribution in [-0.2, 0) is 13.6 Å². The highest BCUT2D eigenvalue weighted by molar-refractivity contribution is 7.45. The van der Waals surface area contributed by atoms with Crippen LogP contribution in [0, 0.1) is 0 Å². The van der Waals surface area contributed by atoms with E-state index in [0.29, 0.717) is 11.0 Å². The monoisotopic (exact) mass is 543 g/mol. The molecule has 1 atom stereocenters. The minimum absolute atomic E-state index is 0.168. The predicted octanol–water partition coefficient (Wildman–Crippen LogP) is 9.11. The van der Waals surface area contributed by atoms with E-state index in [0.717, 1.165) is 19.3 Å². The van der Waals surface area contributed by atoms with E-state index in [9.17, 15) is 9.46 Å². The maximum atomic E-state index is 11.8. The largest absolute Gasteiger partial charge is 0.756 e. The van der Waals surface area contributed by atoms with Gasteiger partial charge in [0.05, 0.1) is 27.7 Å². The van der Waals surface area contributed by atoms with Crippen molar-refractivity contribution in [3.63, 3.8) is 0 Å². The second-order valence-corrected chi connectivity index (χ2v) is 13.8. The summed E-state index contributed by atoms with van der Waals surface area (Å²) in [5, 5.41) is 0. The fourth-order valence-electron chi connectivity index (χ4n) is 5.05. The van der Waals surface area contributed by atoms with Gasteiger partial charge in [0.1, 0.15) is 13.2 Å². The summed E-state index contributed by atoms with van der Waals surface area (Å²) in [6.45, 7) is 1.04. The van der Waals surface area contributed by atoms with Gasteiger partial charge in [-0.15, -0.1) is 0 Å². The number of phosphoric acid groups is 1. The third-order valence-corrected chi connectivity index (χ3v) is 8.54. The zero-order valence-electron chi connectivity index (χ0n) is 25.0. The van der Waals surface area contributed by atoms with Gasteiger partial charge in [0.25, 0.3) is 7.82 Å². The normalized spacial score (nSPS) is 19.1. The second-order valence-electron chi connectivity index (χ2n) is 12.3. The van der Waals surface area contributed by atoms with E-state index in [2.05, 4.69) is 6.08 Å².